The number of carbonyl (C=O) groups excluding carboxylic acids is 1. The zero-order valence-corrected chi connectivity index (χ0v) is 12.4. The van der Waals surface area contributed by atoms with Crippen LogP contribution in [0.1, 0.15) is 12.0 Å². The van der Waals surface area contributed by atoms with Crippen molar-refractivity contribution in [3.63, 3.8) is 0 Å². The lowest BCUT2D eigenvalue weighted by Gasteiger charge is -2.23. The summed E-state index contributed by atoms with van der Waals surface area (Å²) < 4.78 is 0. The van der Waals surface area contributed by atoms with Gasteiger partial charge in [0.05, 0.1) is 16.6 Å². The SMILES string of the molecule is Cc1ccc(N2C(=O)CC3Sc4ccccc4N=C32)cc1. The Balaban J connectivity index is 1.80. The number of aliphatic imine (C=N–C) groups is 1. The van der Waals surface area contributed by atoms with E-state index in [1.807, 2.05) is 49.4 Å². The fourth-order valence-electron chi connectivity index (χ4n) is 2.73. The molecule has 4 rings (SSSR count). The second-order valence-electron chi connectivity index (χ2n) is 5.31. The number of hydrogen-bond acceptors (Lipinski definition) is 3. The first kappa shape index (κ1) is 12.7. The molecule has 2 aliphatic rings. The van der Waals surface area contributed by atoms with Crippen molar-refractivity contribution in [3.8, 4) is 0 Å². The van der Waals surface area contributed by atoms with Crippen molar-refractivity contribution in [2.45, 2.75) is 23.5 Å². The number of carbonyl (C=O) groups is 1. The van der Waals surface area contributed by atoms with Gasteiger partial charge >= 0.3 is 0 Å². The number of hydrogen-bond donors (Lipinski definition) is 0. The van der Waals surface area contributed by atoms with Crippen LogP contribution in [-0.4, -0.2) is 17.0 Å². The van der Waals surface area contributed by atoms with Crippen LogP contribution in [0.5, 0.6) is 0 Å². The number of para-hydroxylation sites is 1. The molecule has 1 unspecified atom stereocenters. The minimum atomic E-state index is 0.128. The van der Waals surface area contributed by atoms with E-state index in [0.717, 1.165) is 22.1 Å². The van der Waals surface area contributed by atoms with Gasteiger partial charge in [-0.15, -0.1) is 11.8 Å². The molecule has 104 valence electrons. The van der Waals surface area contributed by atoms with Crippen molar-refractivity contribution in [1.29, 1.82) is 0 Å². The number of thioether (sulfide) groups is 1. The molecule has 21 heavy (non-hydrogen) atoms. The number of rotatable bonds is 1. The maximum atomic E-state index is 12.4. The highest BCUT2D eigenvalue weighted by molar-refractivity contribution is 8.01. The molecule has 0 spiro atoms. The average Bonchev–Trinajstić information content (AvgIpc) is 2.81. The zero-order valence-electron chi connectivity index (χ0n) is 11.6. The van der Waals surface area contributed by atoms with Gasteiger partial charge in [-0.1, -0.05) is 29.8 Å². The molecular weight excluding hydrogens is 280 g/mol. The molecule has 2 aliphatic heterocycles. The van der Waals surface area contributed by atoms with Crippen LogP contribution in [0.25, 0.3) is 0 Å². The highest BCUT2D eigenvalue weighted by atomic mass is 32.2. The predicted octanol–water partition coefficient (Wildman–Crippen LogP) is 3.94. The molecular formula is C17H14N2OS. The number of benzene rings is 2. The van der Waals surface area contributed by atoms with Gasteiger partial charge < -0.3 is 0 Å². The lowest BCUT2D eigenvalue weighted by atomic mass is 10.2. The maximum absolute atomic E-state index is 12.4. The average molecular weight is 294 g/mol. The van der Waals surface area contributed by atoms with E-state index in [9.17, 15) is 4.79 Å². The van der Waals surface area contributed by atoms with Crippen molar-refractivity contribution in [1.82, 2.24) is 0 Å². The zero-order chi connectivity index (χ0) is 14.4. The van der Waals surface area contributed by atoms with Gasteiger partial charge in [-0.05, 0) is 31.2 Å². The Kier molecular flexibility index (Phi) is 2.86. The Labute approximate surface area is 127 Å². The van der Waals surface area contributed by atoms with Crippen LogP contribution in [0.3, 0.4) is 0 Å². The van der Waals surface area contributed by atoms with Crippen molar-refractivity contribution in [2.24, 2.45) is 4.99 Å². The predicted molar refractivity (Wildman–Crippen MR) is 86.5 cm³/mol. The first-order chi connectivity index (χ1) is 10.2. The molecule has 1 saturated heterocycles. The fraction of sp³-hybridized carbons (Fsp3) is 0.176. The first-order valence-corrected chi connectivity index (χ1v) is 7.84. The van der Waals surface area contributed by atoms with Crippen molar-refractivity contribution < 1.29 is 4.79 Å². The van der Waals surface area contributed by atoms with Gasteiger partial charge in [0, 0.05) is 11.3 Å². The Morgan fingerprint density at radius 3 is 2.71 bits per heavy atom. The summed E-state index contributed by atoms with van der Waals surface area (Å²) in [6.07, 6.45) is 0.520. The summed E-state index contributed by atoms with van der Waals surface area (Å²) in [7, 11) is 0. The molecule has 0 N–H and O–H groups in total. The Morgan fingerprint density at radius 1 is 1.14 bits per heavy atom. The van der Waals surface area contributed by atoms with E-state index in [1.54, 1.807) is 16.7 Å². The summed E-state index contributed by atoms with van der Waals surface area (Å²) in [5, 5.41) is 0.133. The van der Waals surface area contributed by atoms with Crippen molar-refractivity contribution in [3.05, 3.63) is 54.1 Å². The topological polar surface area (TPSA) is 32.7 Å². The molecule has 0 radical (unpaired) electrons. The molecule has 2 aromatic rings. The number of aryl methyl sites for hydroxylation is 1. The Hall–Kier alpha value is -2.07. The number of amides is 1. The molecule has 2 heterocycles. The fourth-order valence-corrected chi connectivity index (χ4v) is 3.91. The van der Waals surface area contributed by atoms with Crippen LogP contribution in [0.2, 0.25) is 0 Å². The van der Waals surface area contributed by atoms with Gasteiger partial charge in [-0.2, -0.15) is 0 Å². The highest BCUT2D eigenvalue weighted by Gasteiger charge is 2.40. The summed E-state index contributed by atoms with van der Waals surface area (Å²) >= 11 is 1.74. The Bertz CT molecular complexity index is 752. The molecule has 0 aromatic heterocycles. The molecule has 1 fully saturated rings. The Morgan fingerprint density at radius 2 is 1.90 bits per heavy atom. The smallest absolute Gasteiger partial charge is 0.234 e. The van der Waals surface area contributed by atoms with Crippen LogP contribution >= 0.6 is 11.8 Å². The molecule has 2 aromatic carbocycles. The van der Waals surface area contributed by atoms with Crippen molar-refractivity contribution in [2.75, 3.05) is 4.90 Å². The molecule has 1 amide bonds. The van der Waals surface area contributed by atoms with Crippen LogP contribution in [-0.2, 0) is 4.79 Å². The number of amidine groups is 1. The van der Waals surface area contributed by atoms with Gasteiger partial charge in [-0.25, -0.2) is 4.99 Å². The van der Waals surface area contributed by atoms with Gasteiger partial charge in [0.25, 0.3) is 0 Å². The summed E-state index contributed by atoms with van der Waals surface area (Å²) in [5.41, 5.74) is 3.06. The van der Waals surface area contributed by atoms with E-state index in [2.05, 4.69) is 6.07 Å². The summed E-state index contributed by atoms with van der Waals surface area (Å²) in [4.78, 5) is 20.1. The van der Waals surface area contributed by atoms with Gasteiger partial charge in [0.1, 0.15) is 5.84 Å². The van der Waals surface area contributed by atoms with E-state index >= 15 is 0 Å². The first-order valence-electron chi connectivity index (χ1n) is 6.96. The lowest BCUT2D eigenvalue weighted by molar-refractivity contribution is -0.116. The summed E-state index contributed by atoms with van der Waals surface area (Å²) in [6, 6.07) is 16.1. The third-order valence-corrected chi connectivity index (χ3v) is 5.05. The molecule has 0 saturated carbocycles. The minimum absolute atomic E-state index is 0.128. The normalized spacial score (nSPS) is 20.0. The maximum Gasteiger partial charge on any atom is 0.234 e. The minimum Gasteiger partial charge on any atom is -0.274 e. The number of anilines is 1. The van der Waals surface area contributed by atoms with Crippen molar-refractivity contribution >= 4 is 34.9 Å². The highest BCUT2D eigenvalue weighted by Crippen LogP contribution is 2.43. The van der Waals surface area contributed by atoms with Gasteiger partial charge in [0.15, 0.2) is 0 Å². The van der Waals surface area contributed by atoms with Gasteiger partial charge in [0.2, 0.25) is 5.91 Å². The summed E-state index contributed by atoms with van der Waals surface area (Å²) in [6.45, 7) is 2.04. The number of nitrogens with zero attached hydrogens (tertiary/aromatic N) is 2. The van der Waals surface area contributed by atoms with Crippen LogP contribution in [0.4, 0.5) is 11.4 Å². The third-order valence-electron chi connectivity index (χ3n) is 3.79. The largest absolute Gasteiger partial charge is 0.274 e. The van der Waals surface area contributed by atoms with Crippen LogP contribution in [0.15, 0.2) is 58.4 Å². The van der Waals surface area contributed by atoms with Gasteiger partial charge in [-0.3, -0.25) is 9.69 Å². The standard InChI is InChI=1S/C17H14N2OS/c1-11-6-8-12(9-7-11)19-16(20)10-15-17(19)18-13-4-2-3-5-14(13)21-15/h2-9,15H,10H2,1H3. The van der Waals surface area contributed by atoms with E-state index in [0.29, 0.717) is 6.42 Å². The number of fused-ring (bicyclic) bond motifs is 2. The van der Waals surface area contributed by atoms with Crippen LogP contribution in [0, 0.1) is 6.92 Å². The summed E-state index contributed by atoms with van der Waals surface area (Å²) in [5.74, 6) is 0.996. The molecule has 3 nitrogen and oxygen atoms in total. The second kappa shape index (κ2) is 4.74. The third kappa shape index (κ3) is 2.07. The lowest BCUT2D eigenvalue weighted by Crippen LogP contribution is -2.32. The van der Waals surface area contributed by atoms with E-state index < -0.39 is 0 Å². The van der Waals surface area contributed by atoms with Crippen LogP contribution < -0.4 is 4.90 Å². The molecule has 0 aliphatic carbocycles. The second-order valence-corrected chi connectivity index (χ2v) is 6.56. The molecule has 0 bridgehead atoms. The van der Waals surface area contributed by atoms with E-state index in [-0.39, 0.29) is 11.2 Å². The quantitative estimate of drug-likeness (QED) is 0.798. The molecule has 4 heteroatoms. The molecule has 1 atom stereocenters. The van der Waals surface area contributed by atoms with E-state index in [4.69, 9.17) is 4.99 Å². The monoisotopic (exact) mass is 294 g/mol. The van der Waals surface area contributed by atoms with E-state index in [1.165, 1.54) is 5.56 Å².